The van der Waals surface area contributed by atoms with E-state index in [1.54, 1.807) is 18.9 Å². The predicted octanol–water partition coefficient (Wildman–Crippen LogP) is 3.62. The van der Waals surface area contributed by atoms with Crippen molar-refractivity contribution < 1.29 is 9.53 Å². The summed E-state index contributed by atoms with van der Waals surface area (Å²) in [7, 11) is 1.67. The third kappa shape index (κ3) is 7.15. The van der Waals surface area contributed by atoms with Gasteiger partial charge in [0, 0.05) is 18.8 Å². The summed E-state index contributed by atoms with van der Waals surface area (Å²) in [5.41, 5.74) is 1.14. The first-order valence-electron chi connectivity index (χ1n) is 10.7. The van der Waals surface area contributed by atoms with Gasteiger partial charge in [-0.05, 0) is 36.5 Å². The fraction of sp³-hybridized carbons (Fsp3) is 0.636. The zero-order valence-corrected chi connectivity index (χ0v) is 18.9. The summed E-state index contributed by atoms with van der Waals surface area (Å²) in [4.78, 5) is 13.4. The van der Waals surface area contributed by atoms with Gasteiger partial charge in [0.15, 0.2) is 0 Å². The molecule has 0 radical (unpaired) electrons. The van der Waals surface area contributed by atoms with Gasteiger partial charge in [-0.1, -0.05) is 56.5 Å². The van der Waals surface area contributed by atoms with Crippen LogP contribution in [0.25, 0.3) is 0 Å². The maximum Gasteiger partial charge on any atom is 0.248 e. The second kappa shape index (κ2) is 11.8. The first-order chi connectivity index (χ1) is 14.2. The monoisotopic (exact) mass is 435 g/mol. The number of carbonyl (C=O) groups excluding carboxylic acids is 1. The Morgan fingerprint density at radius 1 is 1.28 bits per heavy atom. The van der Waals surface area contributed by atoms with Crippen LogP contribution >= 0.6 is 24.0 Å². The Hall–Kier alpha value is -1.31. The number of amides is 1. The second-order valence-corrected chi connectivity index (χ2v) is 9.57. The molecule has 3 rings (SSSR count). The number of carbonyl (C=O) groups is 1. The minimum Gasteiger partial charge on any atom is -0.497 e. The van der Waals surface area contributed by atoms with Crippen LogP contribution in [0.5, 0.6) is 5.75 Å². The smallest absolute Gasteiger partial charge is 0.248 e. The summed E-state index contributed by atoms with van der Waals surface area (Å²) < 4.78 is 5.21. The molecule has 1 saturated heterocycles. The molecule has 29 heavy (non-hydrogen) atoms. The molecular weight excluding hydrogens is 402 g/mol. The molecule has 5 nitrogen and oxygen atoms in total. The Morgan fingerprint density at radius 2 is 2.03 bits per heavy atom. The lowest BCUT2D eigenvalue weighted by atomic mass is 9.85. The van der Waals surface area contributed by atoms with E-state index in [0.29, 0.717) is 6.54 Å². The molecule has 1 amide bonds. The molecule has 1 aromatic rings. The third-order valence-corrected chi connectivity index (χ3v) is 7.38. The van der Waals surface area contributed by atoms with Crippen LogP contribution in [-0.4, -0.2) is 41.7 Å². The van der Waals surface area contributed by atoms with E-state index >= 15 is 0 Å². The molecule has 0 unspecified atom stereocenters. The van der Waals surface area contributed by atoms with E-state index in [1.807, 2.05) is 24.3 Å². The van der Waals surface area contributed by atoms with Gasteiger partial charge >= 0.3 is 0 Å². The van der Waals surface area contributed by atoms with E-state index in [9.17, 15) is 4.79 Å². The van der Waals surface area contributed by atoms with Crippen molar-refractivity contribution >= 4 is 34.9 Å². The van der Waals surface area contributed by atoms with Gasteiger partial charge in [0.25, 0.3) is 0 Å². The van der Waals surface area contributed by atoms with Crippen LogP contribution in [0.2, 0.25) is 0 Å². The number of hydrogen-bond acceptors (Lipinski definition) is 5. The van der Waals surface area contributed by atoms with Crippen molar-refractivity contribution in [2.24, 2.45) is 5.92 Å². The predicted molar refractivity (Wildman–Crippen MR) is 124 cm³/mol. The average molecular weight is 436 g/mol. The van der Waals surface area contributed by atoms with E-state index in [-0.39, 0.29) is 17.3 Å². The maximum atomic E-state index is 12.7. The molecule has 1 heterocycles. The lowest BCUT2D eigenvalue weighted by Gasteiger charge is -2.26. The number of methoxy groups -OCH3 is 1. The van der Waals surface area contributed by atoms with Gasteiger partial charge in [-0.2, -0.15) is 0 Å². The van der Waals surface area contributed by atoms with Crippen molar-refractivity contribution in [3.63, 3.8) is 0 Å². The van der Waals surface area contributed by atoms with Crippen LogP contribution in [0, 0.1) is 5.92 Å². The van der Waals surface area contributed by atoms with Crippen LogP contribution in [0.1, 0.15) is 50.5 Å². The van der Waals surface area contributed by atoms with Crippen molar-refractivity contribution in [2.45, 2.75) is 62.9 Å². The molecular formula is C22H33N3O2S2. The van der Waals surface area contributed by atoms with Gasteiger partial charge in [0.2, 0.25) is 5.91 Å². The number of rotatable bonds is 9. The van der Waals surface area contributed by atoms with E-state index in [4.69, 9.17) is 17.0 Å². The fourth-order valence-electron chi connectivity index (χ4n) is 4.04. The molecule has 1 aliphatic carbocycles. The summed E-state index contributed by atoms with van der Waals surface area (Å²) in [5, 5.41) is 9.67. The van der Waals surface area contributed by atoms with Crippen LogP contribution in [0.15, 0.2) is 24.3 Å². The van der Waals surface area contributed by atoms with Gasteiger partial charge in [-0.3, -0.25) is 10.1 Å². The third-order valence-electron chi connectivity index (χ3n) is 5.80. The SMILES string of the molecule is COc1ccc(CNC(=S)[C@@H](CCC2CCCCC2)NC(=O)[C@H]2NCCS2)cc1. The summed E-state index contributed by atoms with van der Waals surface area (Å²) in [6.07, 6.45) is 8.69. The van der Waals surface area contributed by atoms with E-state index in [0.717, 1.165) is 47.4 Å². The van der Waals surface area contributed by atoms with Crippen LogP contribution in [0.4, 0.5) is 0 Å². The molecule has 160 valence electrons. The lowest BCUT2D eigenvalue weighted by molar-refractivity contribution is -0.121. The molecule has 2 atom stereocenters. The van der Waals surface area contributed by atoms with Gasteiger partial charge in [0.1, 0.15) is 11.1 Å². The number of ether oxygens (including phenoxy) is 1. The molecule has 1 saturated carbocycles. The van der Waals surface area contributed by atoms with E-state index in [1.165, 1.54) is 32.1 Å². The summed E-state index contributed by atoms with van der Waals surface area (Å²) in [6.45, 7) is 1.53. The molecule has 2 fully saturated rings. The second-order valence-electron chi connectivity index (χ2n) is 7.91. The number of thioether (sulfide) groups is 1. The summed E-state index contributed by atoms with van der Waals surface area (Å²) >= 11 is 7.37. The Labute approximate surface area is 184 Å². The molecule has 1 aliphatic heterocycles. The first-order valence-corrected chi connectivity index (χ1v) is 12.2. The van der Waals surface area contributed by atoms with Crippen molar-refractivity contribution in [2.75, 3.05) is 19.4 Å². The standard InChI is InChI=1S/C22H33N3O2S2/c1-27-18-10-7-17(8-11-18)15-24-21(28)19(12-9-16-5-3-2-4-6-16)25-20(26)22-23-13-14-29-22/h7-8,10-11,16,19,22-23H,2-6,9,12-15H2,1H3,(H,24,28)(H,25,26)/t19-,22+/m1/s1. The number of thiocarbonyl (C=S) groups is 1. The highest BCUT2D eigenvalue weighted by atomic mass is 32.2. The Balaban J connectivity index is 1.55. The number of nitrogens with one attached hydrogen (secondary N) is 3. The van der Waals surface area contributed by atoms with Gasteiger partial charge in [0.05, 0.1) is 18.1 Å². The molecule has 1 aromatic carbocycles. The first kappa shape index (κ1) is 22.4. The maximum absolute atomic E-state index is 12.7. The molecule has 2 aliphatic rings. The average Bonchev–Trinajstić information content (AvgIpc) is 3.31. The molecule has 7 heteroatoms. The fourth-order valence-corrected chi connectivity index (χ4v) is 5.22. The number of benzene rings is 1. The quantitative estimate of drug-likeness (QED) is 0.515. The zero-order valence-electron chi connectivity index (χ0n) is 17.2. The summed E-state index contributed by atoms with van der Waals surface area (Å²) in [6, 6.07) is 7.85. The van der Waals surface area contributed by atoms with Crippen molar-refractivity contribution in [3.05, 3.63) is 29.8 Å². The van der Waals surface area contributed by atoms with Crippen molar-refractivity contribution in [1.29, 1.82) is 0 Å². The van der Waals surface area contributed by atoms with Gasteiger partial charge < -0.3 is 15.4 Å². The van der Waals surface area contributed by atoms with Crippen LogP contribution in [0.3, 0.4) is 0 Å². The highest BCUT2D eigenvalue weighted by Crippen LogP contribution is 2.28. The van der Waals surface area contributed by atoms with Crippen molar-refractivity contribution in [3.8, 4) is 5.75 Å². The topological polar surface area (TPSA) is 62.4 Å². The Kier molecular flexibility index (Phi) is 9.08. The van der Waals surface area contributed by atoms with Gasteiger partial charge in [-0.15, -0.1) is 11.8 Å². The summed E-state index contributed by atoms with van der Waals surface area (Å²) in [5.74, 6) is 2.64. The minimum atomic E-state index is -0.156. The van der Waals surface area contributed by atoms with E-state index in [2.05, 4.69) is 16.0 Å². The van der Waals surface area contributed by atoms with Gasteiger partial charge in [-0.25, -0.2) is 0 Å². The molecule has 0 bridgehead atoms. The lowest BCUT2D eigenvalue weighted by Crippen LogP contribution is -2.50. The number of hydrogen-bond donors (Lipinski definition) is 3. The van der Waals surface area contributed by atoms with Crippen LogP contribution in [-0.2, 0) is 11.3 Å². The van der Waals surface area contributed by atoms with Crippen LogP contribution < -0.4 is 20.7 Å². The molecule has 0 spiro atoms. The molecule has 0 aromatic heterocycles. The Bertz CT molecular complexity index is 657. The highest BCUT2D eigenvalue weighted by molar-refractivity contribution is 8.00. The zero-order chi connectivity index (χ0) is 20.5. The highest BCUT2D eigenvalue weighted by Gasteiger charge is 2.27. The minimum absolute atomic E-state index is 0.0507. The normalized spacial score (nSPS) is 20.8. The van der Waals surface area contributed by atoms with E-state index < -0.39 is 0 Å². The van der Waals surface area contributed by atoms with Crippen molar-refractivity contribution in [1.82, 2.24) is 16.0 Å². The Morgan fingerprint density at radius 3 is 2.69 bits per heavy atom. The largest absolute Gasteiger partial charge is 0.497 e. The molecule has 3 N–H and O–H groups in total.